The Morgan fingerprint density at radius 3 is 2.38 bits per heavy atom. The van der Waals surface area contributed by atoms with Crippen molar-refractivity contribution in [3.63, 3.8) is 0 Å². The smallest absolute Gasteiger partial charge is 0.175 e. The molecule has 1 aromatic carbocycles. The maximum Gasteiger partial charge on any atom is 0.175 e. The van der Waals surface area contributed by atoms with Crippen LogP contribution in [0.3, 0.4) is 0 Å². The molecule has 0 aliphatic carbocycles. The quantitative estimate of drug-likeness (QED) is 0.460. The second-order valence-electron chi connectivity index (χ2n) is 3.58. The number of hydrogen-bond acceptors (Lipinski definition) is 4. The molecular formula is C11H16N2O2S. The number of nitrogens with one attached hydrogen (secondary N) is 1. The fourth-order valence-corrected chi connectivity index (χ4v) is 2.04. The van der Waals surface area contributed by atoms with Crippen LogP contribution < -0.4 is 11.3 Å². The molecule has 0 aliphatic rings. The van der Waals surface area contributed by atoms with Gasteiger partial charge in [0.15, 0.2) is 9.84 Å². The second-order valence-corrected chi connectivity index (χ2v) is 5.60. The summed E-state index contributed by atoms with van der Waals surface area (Å²) in [6, 6.07) is 6.64. The molecule has 0 fully saturated rings. The van der Waals surface area contributed by atoms with Crippen molar-refractivity contribution in [3.8, 4) is 0 Å². The van der Waals surface area contributed by atoms with Gasteiger partial charge in [-0.1, -0.05) is 18.2 Å². The van der Waals surface area contributed by atoms with Gasteiger partial charge in [0.25, 0.3) is 0 Å². The lowest BCUT2D eigenvalue weighted by Gasteiger charge is -2.14. The molecule has 0 aromatic heterocycles. The Hall–Kier alpha value is -1.17. The predicted octanol–water partition coefficient (Wildman–Crippen LogP) is 1.17. The lowest BCUT2D eigenvalue weighted by molar-refractivity contribution is 0.561. The molecule has 0 saturated heterocycles. The summed E-state index contributed by atoms with van der Waals surface area (Å²) < 4.78 is 22.5. The van der Waals surface area contributed by atoms with Crippen LogP contribution in [0.5, 0.6) is 0 Å². The standard InChI is InChI=1S/C11H16N2O2S/c1-3-4-11(13-12)9-5-7-10(8-6-9)16(2,14)15/h3,5-8,11,13H,1,4,12H2,2H3. The van der Waals surface area contributed by atoms with Crippen LogP contribution in [0, 0.1) is 0 Å². The fourth-order valence-electron chi connectivity index (χ4n) is 1.41. The molecule has 1 unspecified atom stereocenters. The minimum absolute atomic E-state index is 0.0360. The van der Waals surface area contributed by atoms with Gasteiger partial charge in [-0.3, -0.25) is 11.3 Å². The third-order valence-corrected chi connectivity index (χ3v) is 3.44. The SMILES string of the molecule is C=CCC(NN)c1ccc(S(C)(=O)=O)cc1. The van der Waals surface area contributed by atoms with E-state index in [4.69, 9.17) is 5.84 Å². The molecule has 5 heteroatoms. The first kappa shape index (κ1) is 12.9. The summed E-state index contributed by atoms with van der Waals surface area (Å²) in [6.07, 6.45) is 3.63. The van der Waals surface area contributed by atoms with Gasteiger partial charge >= 0.3 is 0 Å². The van der Waals surface area contributed by atoms with Crippen molar-refractivity contribution in [1.82, 2.24) is 5.43 Å². The van der Waals surface area contributed by atoms with Crippen molar-refractivity contribution in [2.75, 3.05) is 6.26 Å². The highest BCUT2D eigenvalue weighted by atomic mass is 32.2. The van der Waals surface area contributed by atoms with Crippen molar-refractivity contribution in [1.29, 1.82) is 0 Å². The highest BCUT2D eigenvalue weighted by molar-refractivity contribution is 7.90. The van der Waals surface area contributed by atoms with E-state index in [-0.39, 0.29) is 6.04 Å². The molecule has 0 radical (unpaired) electrons. The number of hydrogen-bond donors (Lipinski definition) is 2. The first-order valence-corrected chi connectivity index (χ1v) is 6.75. The van der Waals surface area contributed by atoms with Crippen molar-refractivity contribution >= 4 is 9.84 Å². The molecular weight excluding hydrogens is 224 g/mol. The van der Waals surface area contributed by atoms with Crippen molar-refractivity contribution < 1.29 is 8.42 Å². The molecule has 3 N–H and O–H groups in total. The van der Waals surface area contributed by atoms with Crippen molar-refractivity contribution in [3.05, 3.63) is 42.5 Å². The van der Waals surface area contributed by atoms with E-state index in [2.05, 4.69) is 12.0 Å². The molecule has 1 atom stereocenters. The molecule has 0 spiro atoms. The van der Waals surface area contributed by atoms with Gasteiger partial charge in [0, 0.05) is 12.3 Å². The fraction of sp³-hybridized carbons (Fsp3) is 0.273. The van der Waals surface area contributed by atoms with Crippen LogP contribution in [0.4, 0.5) is 0 Å². The molecule has 0 aliphatic heterocycles. The van der Waals surface area contributed by atoms with Crippen LogP contribution >= 0.6 is 0 Å². The van der Waals surface area contributed by atoms with Crippen LogP contribution in [0.1, 0.15) is 18.0 Å². The second kappa shape index (κ2) is 5.25. The molecule has 1 aromatic rings. The van der Waals surface area contributed by atoms with Gasteiger partial charge in [-0.05, 0) is 24.1 Å². The van der Waals surface area contributed by atoms with Gasteiger partial charge in [0.1, 0.15) is 0 Å². The number of hydrazine groups is 1. The maximum absolute atomic E-state index is 11.3. The summed E-state index contributed by atoms with van der Waals surface area (Å²) in [5, 5.41) is 0. The summed E-state index contributed by atoms with van der Waals surface area (Å²) in [4.78, 5) is 0.311. The normalized spacial score (nSPS) is 13.4. The number of benzene rings is 1. The van der Waals surface area contributed by atoms with E-state index in [0.717, 1.165) is 5.56 Å². The molecule has 1 rings (SSSR count). The van der Waals surface area contributed by atoms with E-state index in [9.17, 15) is 8.42 Å². The molecule has 4 nitrogen and oxygen atoms in total. The summed E-state index contributed by atoms with van der Waals surface area (Å²) >= 11 is 0. The van der Waals surface area contributed by atoms with E-state index >= 15 is 0 Å². The molecule has 88 valence electrons. The molecule has 0 amide bonds. The first-order valence-electron chi connectivity index (χ1n) is 4.86. The zero-order chi connectivity index (χ0) is 12.2. The average Bonchev–Trinajstić information content (AvgIpc) is 2.25. The monoisotopic (exact) mass is 240 g/mol. The molecule has 0 heterocycles. The Morgan fingerprint density at radius 2 is 2.00 bits per heavy atom. The van der Waals surface area contributed by atoms with Crippen molar-refractivity contribution in [2.45, 2.75) is 17.4 Å². The zero-order valence-electron chi connectivity index (χ0n) is 9.18. The van der Waals surface area contributed by atoms with Crippen molar-refractivity contribution in [2.24, 2.45) is 5.84 Å². The summed E-state index contributed by atoms with van der Waals surface area (Å²) in [6.45, 7) is 3.64. The van der Waals surface area contributed by atoms with Crippen LogP contribution in [0.25, 0.3) is 0 Å². The van der Waals surface area contributed by atoms with E-state index in [1.165, 1.54) is 6.26 Å². The Bertz CT molecular complexity index is 451. The van der Waals surface area contributed by atoms with E-state index < -0.39 is 9.84 Å². The number of rotatable bonds is 5. The minimum Gasteiger partial charge on any atom is -0.271 e. The molecule has 0 saturated carbocycles. The first-order chi connectivity index (χ1) is 7.49. The van der Waals surface area contributed by atoms with E-state index in [1.807, 2.05) is 0 Å². The lowest BCUT2D eigenvalue weighted by atomic mass is 10.0. The largest absolute Gasteiger partial charge is 0.271 e. The van der Waals surface area contributed by atoms with Crippen LogP contribution in [0.2, 0.25) is 0 Å². The lowest BCUT2D eigenvalue weighted by Crippen LogP contribution is -2.27. The van der Waals surface area contributed by atoms with Gasteiger partial charge in [-0.25, -0.2) is 8.42 Å². The number of nitrogens with two attached hydrogens (primary N) is 1. The number of sulfone groups is 1. The van der Waals surface area contributed by atoms with Crippen LogP contribution in [-0.4, -0.2) is 14.7 Å². The Kier molecular flexibility index (Phi) is 4.23. The highest BCUT2D eigenvalue weighted by Gasteiger charge is 2.10. The van der Waals surface area contributed by atoms with Gasteiger partial charge in [0.05, 0.1) is 4.90 Å². The Balaban J connectivity index is 2.98. The van der Waals surface area contributed by atoms with Crippen LogP contribution in [0.15, 0.2) is 41.8 Å². The van der Waals surface area contributed by atoms with Gasteiger partial charge in [0.2, 0.25) is 0 Å². The van der Waals surface area contributed by atoms with Gasteiger partial charge < -0.3 is 0 Å². The third-order valence-electron chi connectivity index (χ3n) is 2.31. The topological polar surface area (TPSA) is 72.2 Å². The van der Waals surface area contributed by atoms with Gasteiger partial charge in [-0.15, -0.1) is 6.58 Å². The minimum atomic E-state index is -3.14. The maximum atomic E-state index is 11.3. The summed E-state index contributed by atoms with van der Waals surface area (Å²) in [7, 11) is -3.14. The zero-order valence-corrected chi connectivity index (χ0v) is 10.00. The predicted molar refractivity (Wildman–Crippen MR) is 64.4 cm³/mol. The summed E-state index contributed by atoms with van der Waals surface area (Å²) in [5.74, 6) is 5.40. The van der Waals surface area contributed by atoms with E-state index in [1.54, 1.807) is 30.3 Å². The van der Waals surface area contributed by atoms with E-state index in [0.29, 0.717) is 11.3 Å². The average molecular weight is 240 g/mol. The Labute approximate surface area is 96.1 Å². The summed E-state index contributed by atoms with van der Waals surface area (Å²) in [5.41, 5.74) is 3.60. The van der Waals surface area contributed by atoms with Gasteiger partial charge in [-0.2, -0.15) is 0 Å². The molecule has 16 heavy (non-hydrogen) atoms. The molecule has 0 bridgehead atoms. The highest BCUT2D eigenvalue weighted by Crippen LogP contribution is 2.18. The third kappa shape index (κ3) is 3.16. The Morgan fingerprint density at radius 1 is 1.44 bits per heavy atom. The van der Waals surface area contributed by atoms with Crippen LogP contribution in [-0.2, 0) is 9.84 Å².